The van der Waals surface area contributed by atoms with Crippen molar-refractivity contribution in [1.82, 2.24) is 10.2 Å². The van der Waals surface area contributed by atoms with Crippen LogP contribution < -0.4 is 11.5 Å². The minimum atomic E-state index is -0.145. The van der Waals surface area contributed by atoms with Gasteiger partial charge in [0.2, 0.25) is 11.8 Å². The Morgan fingerprint density at radius 1 is 1.40 bits per heavy atom. The number of nitrogens with one attached hydrogen (secondary N) is 1. The Morgan fingerprint density at radius 3 is 2.90 bits per heavy atom. The third-order valence-corrected chi connectivity index (χ3v) is 3.05. The number of aryl methyl sites for hydroxylation is 1. The highest BCUT2D eigenvalue weighted by atomic mass is 32.2. The Labute approximate surface area is 120 Å². The molecule has 1 aromatic carbocycles. The molecule has 7 nitrogen and oxygen atoms in total. The largest absolute Gasteiger partial charge is 0.420 e. The van der Waals surface area contributed by atoms with E-state index >= 15 is 0 Å². The van der Waals surface area contributed by atoms with E-state index in [4.69, 9.17) is 21.3 Å². The van der Waals surface area contributed by atoms with Gasteiger partial charge in [0.15, 0.2) is 11.1 Å². The molecule has 1 aromatic heterocycles. The molecule has 0 unspecified atom stereocenters. The first-order valence-corrected chi connectivity index (χ1v) is 6.73. The lowest BCUT2D eigenvalue weighted by atomic mass is 10.1. The Morgan fingerprint density at radius 2 is 2.20 bits per heavy atom. The van der Waals surface area contributed by atoms with Crippen molar-refractivity contribution < 1.29 is 4.42 Å². The van der Waals surface area contributed by atoms with Crippen LogP contribution in [0.5, 0.6) is 0 Å². The second-order valence-corrected chi connectivity index (χ2v) is 4.96. The molecule has 2 rings (SSSR count). The normalized spacial score (nSPS) is 10.2. The number of aliphatic imine (C=N–C) groups is 1. The van der Waals surface area contributed by atoms with Gasteiger partial charge in [0.05, 0.1) is 5.75 Å². The zero-order valence-corrected chi connectivity index (χ0v) is 11.6. The molecule has 0 aliphatic carbocycles. The van der Waals surface area contributed by atoms with Crippen molar-refractivity contribution in [3.63, 3.8) is 0 Å². The fraction of sp³-hybridized carbons (Fsp3) is 0.167. The lowest BCUT2D eigenvalue weighted by Crippen LogP contribution is -2.23. The van der Waals surface area contributed by atoms with Crippen LogP contribution in [0.4, 0.5) is 0 Å². The third-order valence-electron chi connectivity index (χ3n) is 2.29. The smallest absolute Gasteiger partial charge is 0.247 e. The van der Waals surface area contributed by atoms with E-state index in [1.807, 2.05) is 31.2 Å². The topological polar surface area (TPSA) is 127 Å². The van der Waals surface area contributed by atoms with Gasteiger partial charge in [-0.2, -0.15) is 4.99 Å². The zero-order valence-electron chi connectivity index (χ0n) is 10.8. The Bertz CT molecular complexity index is 647. The van der Waals surface area contributed by atoms with E-state index in [1.54, 1.807) is 0 Å². The number of hydrogen-bond donors (Lipinski definition) is 3. The fourth-order valence-electron chi connectivity index (χ4n) is 1.49. The van der Waals surface area contributed by atoms with Crippen molar-refractivity contribution in [3.8, 4) is 11.5 Å². The summed E-state index contributed by atoms with van der Waals surface area (Å²) in [6, 6.07) is 7.79. The predicted octanol–water partition coefficient (Wildman–Crippen LogP) is 1.49. The highest BCUT2D eigenvalue weighted by Gasteiger charge is 2.09. The molecule has 2 aromatic rings. The van der Waals surface area contributed by atoms with Gasteiger partial charge >= 0.3 is 0 Å². The minimum Gasteiger partial charge on any atom is -0.420 e. The number of aromatic nitrogens is 2. The molecule has 1 heterocycles. The van der Waals surface area contributed by atoms with Crippen molar-refractivity contribution in [3.05, 3.63) is 35.7 Å². The van der Waals surface area contributed by atoms with Crippen molar-refractivity contribution in [2.75, 3.05) is 0 Å². The Kier molecular flexibility index (Phi) is 4.36. The standard InChI is InChI=1S/C12H14N6OS/c1-7-3-2-4-8(5-7)10-18-17-9(19-10)6-20-12(15)16-11(13)14/h2-5H,6H2,1H3,(H5,13,14,15,16). The van der Waals surface area contributed by atoms with E-state index in [9.17, 15) is 0 Å². The minimum absolute atomic E-state index is 0.000283. The molecule has 5 N–H and O–H groups in total. The molecule has 20 heavy (non-hydrogen) atoms. The van der Waals surface area contributed by atoms with Gasteiger partial charge in [-0.05, 0) is 19.1 Å². The summed E-state index contributed by atoms with van der Waals surface area (Å²) >= 11 is 1.11. The molecule has 0 aliphatic heterocycles. The highest BCUT2D eigenvalue weighted by Crippen LogP contribution is 2.21. The van der Waals surface area contributed by atoms with Crippen LogP contribution in [0.1, 0.15) is 11.5 Å². The van der Waals surface area contributed by atoms with E-state index in [2.05, 4.69) is 15.2 Å². The summed E-state index contributed by atoms with van der Waals surface area (Å²) in [6.45, 7) is 1.99. The molecular weight excluding hydrogens is 276 g/mol. The lowest BCUT2D eigenvalue weighted by molar-refractivity contribution is 0.528. The van der Waals surface area contributed by atoms with Gasteiger partial charge in [-0.1, -0.05) is 29.5 Å². The quantitative estimate of drug-likeness (QED) is 0.580. The number of guanidine groups is 1. The number of thioether (sulfide) groups is 1. The van der Waals surface area contributed by atoms with Crippen molar-refractivity contribution in [2.24, 2.45) is 16.5 Å². The van der Waals surface area contributed by atoms with Crippen molar-refractivity contribution >= 4 is 22.9 Å². The van der Waals surface area contributed by atoms with Gasteiger partial charge in [-0.25, -0.2) is 0 Å². The van der Waals surface area contributed by atoms with E-state index in [0.717, 1.165) is 22.9 Å². The zero-order chi connectivity index (χ0) is 14.5. The van der Waals surface area contributed by atoms with Crippen molar-refractivity contribution in [2.45, 2.75) is 12.7 Å². The molecular formula is C12H14N6OS. The van der Waals surface area contributed by atoms with Crippen LogP contribution in [0.3, 0.4) is 0 Å². The van der Waals surface area contributed by atoms with Gasteiger partial charge in [0.1, 0.15) is 0 Å². The highest BCUT2D eigenvalue weighted by molar-refractivity contribution is 8.13. The van der Waals surface area contributed by atoms with Crippen LogP contribution in [0.25, 0.3) is 11.5 Å². The molecule has 0 aliphatic rings. The van der Waals surface area contributed by atoms with E-state index < -0.39 is 0 Å². The number of hydrogen-bond acceptors (Lipinski definition) is 5. The van der Waals surface area contributed by atoms with Gasteiger partial charge in [0, 0.05) is 5.56 Å². The molecule has 0 saturated carbocycles. The number of rotatable bonds is 3. The maximum absolute atomic E-state index is 7.49. The monoisotopic (exact) mass is 290 g/mol. The van der Waals surface area contributed by atoms with E-state index in [0.29, 0.717) is 17.5 Å². The van der Waals surface area contributed by atoms with Crippen molar-refractivity contribution in [1.29, 1.82) is 5.41 Å². The summed E-state index contributed by atoms with van der Waals surface area (Å²) in [5.74, 6) is 1.07. The summed E-state index contributed by atoms with van der Waals surface area (Å²) in [5.41, 5.74) is 12.3. The lowest BCUT2D eigenvalue weighted by Gasteiger charge is -1.97. The third kappa shape index (κ3) is 3.82. The summed E-state index contributed by atoms with van der Waals surface area (Å²) in [7, 11) is 0. The summed E-state index contributed by atoms with van der Waals surface area (Å²) in [4.78, 5) is 3.60. The maximum atomic E-state index is 7.49. The summed E-state index contributed by atoms with van der Waals surface area (Å²) < 4.78 is 5.53. The van der Waals surface area contributed by atoms with Crippen LogP contribution >= 0.6 is 11.8 Å². The van der Waals surface area contributed by atoms with E-state index in [-0.39, 0.29) is 11.1 Å². The first-order valence-electron chi connectivity index (χ1n) is 5.75. The maximum Gasteiger partial charge on any atom is 0.247 e. The molecule has 0 atom stereocenters. The SMILES string of the molecule is Cc1cccc(-c2nnc(CSC(=N)N=C(N)N)o2)c1. The van der Waals surface area contributed by atoms with Gasteiger partial charge in [-0.15, -0.1) is 10.2 Å². The molecule has 0 fully saturated rings. The van der Waals surface area contributed by atoms with Crippen LogP contribution in [0, 0.1) is 12.3 Å². The molecule has 0 bridgehead atoms. The van der Waals surface area contributed by atoms with E-state index in [1.165, 1.54) is 0 Å². The van der Waals surface area contributed by atoms with Gasteiger partial charge < -0.3 is 15.9 Å². The number of nitrogens with zero attached hydrogens (tertiary/aromatic N) is 3. The van der Waals surface area contributed by atoms with Gasteiger partial charge in [0.25, 0.3) is 0 Å². The summed E-state index contributed by atoms with van der Waals surface area (Å²) in [6.07, 6.45) is 0. The number of benzene rings is 1. The fourth-order valence-corrected chi connectivity index (χ4v) is 2.03. The average Bonchev–Trinajstić information content (AvgIpc) is 2.84. The number of amidine groups is 1. The average molecular weight is 290 g/mol. The van der Waals surface area contributed by atoms with Crippen LogP contribution in [0.15, 0.2) is 33.7 Å². The summed E-state index contributed by atoms with van der Waals surface area (Å²) in [5, 5.41) is 15.4. The molecule has 0 saturated heterocycles. The number of nitrogens with two attached hydrogens (primary N) is 2. The first-order chi connectivity index (χ1) is 9.54. The van der Waals surface area contributed by atoms with Crippen LogP contribution in [-0.2, 0) is 5.75 Å². The Balaban J connectivity index is 2.03. The second kappa shape index (κ2) is 6.20. The predicted molar refractivity (Wildman–Crippen MR) is 79.3 cm³/mol. The first kappa shape index (κ1) is 14.1. The Hall–Kier alpha value is -2.35. The molecule has 104 valence electrons. The van der Waals surface area contributed by atoms with Gasteiger partial charge in [-0.3, -0.25) is 5.41 Å². The van der Waals surface area contributed by atoms with Crippen LogP contribution in [-0.4, -0.2) is 21.3 Å². The van der Waals surface area contributed by atoms with Crippen LogP contribution in [0.2, 0.25) is 0 Å². The molecule has 0 amide bonds. The second-order valence-electron chi connectivity index (χ2n) is 4.00. The molecule has 0 radical (unpaired) electrons. The molecule has 8 heteroatoms. The molecule has 0 spiro atoms.